The molecule has 0 fully saturated rings. The van der Waals surface area contributed by atoms with Crippen LogP contribution in [-0.2, 0) is 14.8 Å². The number of hydrogen-bond acceptors (Lipinski definition) is 4. The first-order chi connectivity index (χ1) is 14.8. The Balaban J connectivity index is 1.67. The van der Waals surface area contributed by atoms with E-state index < -0.39 is 27.9 Å². The van der Waals surface area contributed by atoms with Crippen molar-refractivity contribution in [3.8, 4) is 5.75 Å². The Labute approximate surface area is 181 Å². The number of ether oxygens (including phenoxy) is 1. The number of amides is 1. The number of carbonyl (C=O) groups excluding carboxylic acids is 1. The predicted molar refractivity (Wildman–Crippen MR) is 118 cm³/mol. The van der Waals surface area contributed by atoms with Crippen molar-refractivity contribution < 1.29 is 22.3 Å². The number of halogens is 1. The van der Waals surface area contributed by atoms with Gasteiger partial charge in [0.1, 0.15) is 0 Å². The first-order valence-electron chi connectivity index (χ1n) is 9.70. The van der Waals surface area contributed by atoms with Crippen molar-refractivity contribution in [2.24, 2.45) is 0 Å². The van der Waals surface area contributed by atoms with Crippen molar-refractivity contribution in [3.63, 3.8) is 0 Å². The van der Waals surface area contributed by atoms with Crippen LogP contribution in [0.3, 0.4) is 0 Å². The van der Waals surface area contributed by atoms with Gasteiger partial charge in [-0.25, -0.2) is 12.8 Å². The van der Waals surface area contributed by atoms with Gasteiger partial charge in [-0.15, -0.1) is 0 Å². The summed E-state index contributed by atoms with van der Waals surface area (Å²) in [7, 11) is -3.77. The zero-order valence-corrected chi connectivity index (χ0v) is 17.9. The molecule has 2 N–H and O–H groups in total. The lowest BCUT2D eigenvalue weighted by atomic mass is 10.2. The minimum atomic E-state index is -3.77. The van der Waals surface area contributed by atoms with Crippen LogP contribution in [0.1, 0.15) is 18.9 Å². The molecule has 1 amide bonds. The molecular weight excluding hydrogens is 419 g/mol. The lowest BCUT2D eigenvalue weighted by Gasteiger charge is -2.17. The second-order valence-electron chi connectivity index (χ2n) is 6.93. The molecule has 0 aromatic heterocycles. The second kappa shape index (κ2) is 9.61. The third-order valence-electron chi connectivity index (χ3n) is 4.47. The van der Waals surface area contributed by atoms with Crippen molar-refractivity contribution in [1.82, 2.24) is 0 Å². The summed E-state index contributed by atoms with van der Waals surface area (Å²) in [6.07, 6.45) is -0.573. The molecule has 0 aliphatic rings. The van der Waals surface area contributed by atoms with Crippen molar-refractivity contribution in [1.29, 1.82) is 0 Å². The molecule has 0 aliphatic heterocycles. The van der Waals surface area contributed by atoms with Crippen LogP contribution in [0.15, 0.2) is 77.7 Å². The van der Waals surface area contributed by atoms with Crippen molar-refractivity contribution in [2.45, 2.75) is 31.3 Å². The highest BCUT2D eigenvalue weighted by molar-refractivity contribution is 7.92. The molecule has 3 aromatic carbocycles. The molecule has 0 radical (unpaired) electrons. The Morgan fingerprint density at radius 3 is 2.35 bits per heavy atom. The average molecular weight is 443 g/mol. The maximum Gasteiger partial charge on any atom is 0.265 e. The molecule has 0 saturated carbocycles. The minimum absolute atomic E-state index is 0.00633. The largest absolute Gasteiger partial charge is 0.478 e. The number of rotatable bonds is 8. The Hall–Kier alpha value is -3.39. The van der Waals surface area contributed by atoms with Gasteiger partial charge < -0.3 is 10.1 Å². The summed E-state index contributed by atoms with van der Waals surface area (Å²) in [5.74, 6) is -1.02. The van der Waals surface area contributed by atoms with E-state index >= 15 is 0 Å². The third kappa shape index (κ3) is 5.82. The smallest absolute Gasteiger partial charge is 0.265 e. The van der Waals surface area contributed by atoms with Crippen molar-refractivity contribution in [2.75, 3.05) is 10.0 Å². The number of benzene rings is 3. The van der Waals surface area contributed by atoms with Crippen LogP contribution in [0.25, 0.3) is 0 Å². The van der Waals surface area contributed by atoms with Gasteiger partial charge in [-0.2, -0.15) is 0 Å². The minimum Gasteiger partial charge on any atom is -0.478 e. The van der Waals surface area contributed by atoms with E-state index in [0.29, 0.717) is 17.8 Å². The quantitative estimate of drug-likeness (QED) is 0.528. The summed E-state index contributed by atoms with van der Waals surface area (Å²) in [5, 5.41) is 2.67. The normalized spacial score (nSPS) is 12.1. The van der Waals surface area contributed by atoms with Gasteiger partial charge in [0.15, 0.2) is 17.7 Å². The topological polar surface area (TPSA) is 84.5 Å². The van der Waals surface area contributed by atoms with E-state index in [2.05, 4.69) is 10.0 Å². The van der Waals surface area contributed by atoms with E-state index in [-0.39, 0.29) is 10.6 Å². The molecule has 6 nitrogen and oxygen atoms in total. The maximum atomic E-state index is 13.8. The number of hydrogen-bond donors (Lipinski definition) is 2. The summed E-state index contributed by atoms with van der Waals surface area (Å²) in [5.41, 5.74) is 1.80. The lowest BCUT2D eigenvalue weighted by molar-refractivity contribution is -0.122. The van der Waals surface area contributed by atoms with E-state index in [1.165, 1.54) is 42.5 Å². The molecule has 0 unspecified atom stereocenters. The molecule has 162 valence electrons. The standard InChI is InChI=1S/C23H23FN2O4S/c1-3-21(30-22-10-5-4-9-20(22)24)23(27)25-17-11-13-19(14-12-17)31(28,29)26-18-8-6-7-16(2)15-18/h4-15,21,26H,3H2,1-2H3,(H,25,27)/t21-/m0/s1. The number of aryl methyl sites for hydroxylation is 1. The molecule has 8 heteroatoms. The molecular formula is C23H23FN2O4S. The molecule has 0 saturated heterocycles. The van der Waals surface area contributed by atoms with E-state index in [1.54, 1.807) is 31.2 Å². The molecule has 0 heterocycles. The Morgan fingerprint density at radius 1 is 1.00 bits per heavy atom. The van der Waals surface area contributed by atoms with Crippen molar-refractivity contribution in [3.05, 3.63) is 84.2 Å². The third-order valence-corrected chi connectivity index (χ3v) is 5.87. The number of nitrogens with one attached hydrogen (secondary N) is 2. The van der Waals surface area contributed by atoms with Gasteiger partial charge in [0.2, 0.25) is 0 Å². The van der Waals surface area contributed by atoms with Gasteiger partial charge in [0, 0.05) is 11.4 Å². The zero-order valence-electron chi connectivity index (χ0n) is 17.1. The first-order valence-corrected chi connectivity index (χ1v) is 11.2. The first kappa shape index (κ1) is 22.3. The lowest BCUT2D eigenvalue weighted by Crippen LogP contribution is -2.32. The van der Waals surface area contributed by atoms with E-state index in [9.17, 15) is 17.6 Å². The van der Waals surface area contributed by atoms with Gasteiger partial charge in [-0.3, -0.25) is 9.52 Å². The van der Waals surface area contributed by atoms with Crippen LogP contribution in [0.4, 0.5) is 15.8 Å². The van der Waals surface area contributed by atoms with Crippen molar-refractivity contribution >= 4 is 27.3 Å². The van der Waals surface area contributed by atoms with Gasteiger partial charge in [0.05, 0.1) is 4.90 Å². The highest BCUT2D eigenvalue weighted by Gasteiger charge is 2.20. The number of carbonyl (C=O) groups is 1. The summed E-state index contributed by atoms with van der Waals surface area (Å²) in [6, 6.07) is 18.6. The summed E-state index contributed by atoms with van der Waals surface area (Å²) in [6.45, 7) is 3.62. The molecule has 0 bridgehead atoms. The van der Waals surface area contributed by atoms with Gasteiger partial charge in [0.25, 0.3) is 15.9 Å². The summed E-state index contributed by atoms with van der Waals surface area (Å²) in [4.78, 5) is 12.6. The van der Waals surface area contributed by atoms with Crippen LogP contribution >= 0.6 is 0 Å². The van der Waals surface area contributed by atoms with Crippen LogP contribution in [-0.4, -0.2) is 20.4 Å². The number of anilines is 2. The van der Waals surface area contributed by atoms with E-state index in [1.807, 2.05) is 13.0 Å². The second-order valence-corrected chi connectivity index (χ2v) is 8.62. The molecule has 1 atom stereocenters. The van der Waals surface area contributed by atoms with E-state index in [0.717, 1.165) is 5.56 Å². The Morgan fingerprint density at radius 2 is 1.71 bits per heavy atom. The van der Waals surface area contributed by atoms with Crippen LogP contribution in [0.2, 0.25) is 0 Å². The SMILES string of the molecule is CC[C@H](Oc1ccccc1F)C(=O)Nc1ccc(S(=O)(=O)Nc2cccc(C)c2)cc1. The summed E-state index contributed by atoms with van der Waals surface area (Å²) < 4.78 is 47.0. The number of para-hydroxylation sites is 1. The zero-order chi connectivity index (χ0) is 22.4. The average Bonchev–Trinajstić information content (AvgIpc) is 2.73. The maximum absolute atomic E-state index is 13.8. The van der Waals surface area contributed by atoms with Gasteiger partial charge in [-0.05, 0) is 67.4 Å². The summed E-state index contributed by atoms with van der Waals surface area (Å²) >= 11 is 0. The Bertz CT molecular complexity index is 1160. The van der Waals surface area contributed by atoms with Gasteiger partial charge in [-0.1, -0.05) is 31.2 Å². The van der Waals surface area contributed by atoms with E-state index in [4.69, 9.17) is 4.74 Å². The molecule has 31 heavy (non-hydrogen) atoms. The van der Waals surface area contributed by atoms with Gasteiger partial charge >= 0.3 is 0 Å². The molecule has 0 aliphatic carbocycles. The highest BCUT2D eigenvalue weighted by atomic mass is 32.2. The number of sulfonamides is 1. The fourth-order valence-electron chi connectivity index (χ4n) is 2.88. The molecule has 3 aromatic rings. The highest BCUT2D eigenvalue weighted by Crippen LogP contribution is 2.21. The fraction of sp³-hybridized carbons (Fsp3) is 0.174. The fourth-order valence-corrected chi connectivity index (χ4v) is 3.93. The van der Waals surface area contributed by atoms with Crippen LogP contribution < -0.4 is 14.8 Å². The van der Waals surface area contributed by atoms with Crippen LogP contribution in [0.5, 0.6) is 5.75 Å². The predicted octanol–water partition coefficient (Wildman–Crippen LogP) is 4.73. The monoisotopic (exact) mass is 442 g/mol. The van der Waals surface area contributed by atoms with Crippen LogP contribution in [0, 0.1) is 12.7 Å². The molecule has 0 spiro atoms. The Kier molecular flexibility index (Phi) is 6.91. The molecule has 3 rings (SSSR count).